The van der Waals surface area contributed by atoms with E-state index in [0.29, 0.717) is 17.5 Å². The van der Waals surface area contributed by atoms with Crippen molar-refractivity contribution in [2.75, 3.05) is 20.1 Å². The van der Waals surface area contributed by atoms with Crippen molar-refractivity contribution in [3.05, 3.63) is 58.9 Å². The van der Waals surface area contributed by atoms with Gasteiger partial charge in [-0.05, 0) is 37.3 Å². The Bertz CT molecular complexity index is 1370. The number of hydrogen-bond acceptors (Lipinski definition) is 4. The van der Waals surface area contributed by atoms with Gasteiger partial charge in [0.2, 0.25) is 0 Å². The van der Waals surface area contributed by atoms with Crippen LogP contribution in [-0.4, -0.2) is 47.1 Å². The average molecular weight is 448 g/mol. The number of benzene rings is 2. The summed E-state index contributed by atoms with van der Waals surface area (Å²) in [5.41, 5.74) is 3.39. The number of nitrogens with one attached hydrogen (secondary N) is 1. The normalized spacial score (nSPS) is 22.3. The fourth-order valence-corrected chi connectivity index (χ4v) is 5.17. The maximum atomic E-state index is 13.2. The number of alkyl halides is 2. The molecule has 3 aromatic rings. The first-order valence-corrected chi connectivity index (χ1v) is 11.0. The summed E-state index contributed by atoms with van der Waals surface area (Å²) in [7, 11) is 1.74. The smallest absolute Gasteiger partial charge is 0.387 e. The summed E-state index contributed by atoms with van der Waals surface area (Å²) in [4.78, 5) is 19.7. The fraction of sp³-hybridized carbons (Fsp3) is 0.360. The van der Waals surface area contributed by atoms with Gasteiger partial charge in [-0.15, -0.1) is 0 Å². The summed E-state index contributed by atoms with van der Waals surface area (Å²) in [6.45, 7) is 0.899. The molecule has 2 aromatic carbocycles. The third kappa shape index (κ3) is 3.03. The van der Waals surface area contributed by atoms with Gasteiger partial charge in [-0.1, -0.05) is 17.9 Å². The van der Waals surface area contributed by atoms with Crippen LogP contribution in [0.1, 0.15) is 52.7 Å². The Morgan fingerprint density at radius 1 is 1.24 bits per heavy atom. The van der Waals surface area contributed by atoms with E-state index in [4.69, 9.17) is 9.72 Å². The molecule has 168 valence electrons. The summed E-state index contributed by atoms with van der Waals surface area (Å²) in [6.07, 6.45) is 0.552. The van der Waals surface area contributed by atoms with E-state index in [2.05, 4.69) is 28.6 Å². The van der Waals surface area contributed by atoms with Gasteiger partial charge in [-0.2, -0.15) is 8.78 Å². The lowest BCUT2D eigenvalue weighted by molar-refractivity contribution is -0.0507. The Kier molecular flexibility index (Phi) is 4.30. The minimum atomic E-state index is -2.98. The van der Waals surface area contributed by atoms with Crippen molar-refractivity contribution >= 4 is 16.9 Å². The number of amides is 1. The highest BCUT2D eigenvalue weighted by Crippen LogP contribution is 2.49. The molecule has 33 heavy (non-hydrogen) atoms. The van der Waals surface area contributed by atoms with Crippen LogP contribution in [0.4, 0.5) is 8.78 Å². The molecule has 8 heteroatoms. The van der Waals surface area contributed by atoms with Gasteiger partial charge < -0.3 is 19.5 Å². The molecule has 3 aliphatic heterocycles. The highest BCUT2D eigenvalue weighted by Gasteiger charge is 2.45. The standard InChI is InChI=1S/C25H22F2N4O2/c1-25(12-28-13-25)9-8-14-6-7-16-17(10-14)31-18-11-19(22(31)29-16)30(2)23(32)15-4-3-5-20(21(15)18)33-24(26)27/h3-7,10,18-19,24,28H,11-13H2,1-2H3. The first kappa shape index (κ1) is 20.2. The number of carbonyl (C=O) groups excluding carboxylic acids is 1. The predicted octanol–water partition coefficient (Wildman–Crippen LogP) is 3.72. The van der Waals surface area contributed by atoms with Crippen LogP contribution in [-0.2, 0) is 0 Å². The van der Waals surface area contributed by atoms with E-state index in [1.165, 1.54) is 6.07 Å². The monoisotopic (exact) mass is 448 g/mol. The van der Waals surface area contributed by atoms with E-state index in [-0.39, 0.29) is 29.2 Å². The van der Waals surface area contributed by atoms with Crippen LogP contribution >= 0.6 is 0 Å². The van der Waals surface area contributed by atoms with Crippen LogP contribution in [0, 0.1) is 17.3 Å². The van der Waals surface area contributed by atoms with Crippen LogP contribution in [0.25, 0.3) is 11.0 Å². The Labute approximate surface area is 189 Å². The zero-order chi connectivity index (χ0) is 22.9. The zero-order valence-corrected chi connectivity index (χ0v) is 18.2. The van der Waals surface area contributed by atoms with Crippen LogP contribution < -0.4 is 10.1 Å². The third-order valence-electron chi connectivity index (χ3n) is 6.95. The number of rotatable bonds is 2. The van der Waals surface area contributed by atoms with Crippen molar-refractivity contribution in [2.24, 2.45) is 5.41 Å². The third-order valence-corrected chi connectivity index (χ3v) is 6.95. The number of nitrogens with zero attached hydrogens (tertiary/aromatic N) is 3. The Balaban J connectivity index is 1.53. The van der Waals surface area contributed by atoms with E-state index in [0.717, 1.165) is 35.5 Å². The molecule has 3 aliphatic rings. The van der Waals surface area contributed by atoms with E-state index >= 15 is 0 Å². The highest BCUT2D eigenvalue weighted by molar-refractivity contribution is 5.97. The minimum absolute atomic E-state index is 0.0215. The van der Waals surface area contributed by atoms with Crippen LogP contribution in [0.3, 0.4) is 0 Å². The Hall–Kier alpha value is -3.44. The summed E-state index contributed by atoms with van der Waals surface area (Å²) in [6, 6.07) is 10.0. The lowest BCUT2D eigenvalue weighted by Gasteiger charge is -2.34. The molecule has 0 saturated carbocycles. The second-order valence-corrected chi connectivity index (χ2v) is 9.24. The molecular weight excluding hydrogens is 426 g/mol. The van der Waals surface area contributed by atoms with E-state index in [1.807, 2.05) is 18.2 Å². The molecule has 1 fully saturated rings. The first-order valence-electron chi connectivity index (χ1n) is 11.0. The van der Waals surface area contributed by atoms with Gasteiger partial charge in [0.1, 0.15) is 11.6 Å². The van der Waals surface area contributed by atoms with Crippen LogP contribution in [0.15, 0.2) is 36.4 Å². The molecule has 1 N–H and O–H groups in total. The quantitative estimate of drug-likeness (QED) is 0.608. The van der Waals surface area contributed by atoms with Crippen molar-refractivity contribution in [1.29, 1.82) is 0 Å². The van der Waals surface area contributed by atoms with E-state index < -0.39 is 6.61 Å². The molecule has 0 aliphatic carbocycles. The van der Waals surface area contributed by atoms with Crippen molar-refractivity contribution < 1.29 is 18.3 Å². The molecule has 1 saturated heterocycles. The lowest BCUT2D eigenvalue weighted by Crippen LogP contribution is -2.50. The molecule has 6 nitrogen and oxygen atoms in total. The number of ether oxygens (including phenoxy) is 1. The van der Waals surface area contributed by atoms with Gasteiger partial charge in [-0.3, -0.25) is 4.79 Å². The van der Waals surface area contributed by atoms with Crippen LogP contribution in [0.5, 0.6) is 5.75 Å². The van der Waals surface area contributed by atoms with Crippen molar-refractivity contribution in [3.63, 3.8) is 0 Å². The van der Waals surface area contributed by atoms with Gasteiger partial charge in [0, 0.05) is 43.2 Å². The fourth-order valence-electron chi connectivity index (χ4n) is 5.17. The van der Waals surface area contributed by atoms with Crippen molar-refractivity contribution in [3.8, 4) is 17.6 Å². The summed E-state index contributed by atoms with van der Waals surface area (Å²) in [5, 5.41) is 3.25. The second-order valence-electron chi connectivity index (χ2n) is 9.24. The number of halogens is 2. The van der Waals surface area contributed by atoms with Gasteiger partial charge in [-0.25, -0.2) is 4.98 Å². The molecule has 2 atom stereocenters. The largest absolute Gasteiger partial charge is 0.434 e. The number of aromatic nitrogens is 2. The molecule has 1 amide bonds. The van der Waals surface area contributed by atoms with Gasteiger partial charge in [0.25, 0.3) is 5.91 Å². The molecule has 2 bridgehead atoms. The minimum Gasteiger partial charge on any atom is -0.434 e. The first-order chi connectivity index (χ1) is 15.8. The number of carbonyl (C=O) groups is 1. The highest BCUT2D eigenvalue weighted by atomic mass is 19.3. The number of fused-ring (bicyclic) bond motifs is 9. The Morgan fingerprint density at radius 2 is 2.06 bits per heavy atom. The van der Waals surface area contributed by atoms with Crippen molar-refractivity contribution in [2.45, 2.75) is 32.0 Å². The Morgan fingerprint density at radius 3 is 2.79 bits per heavy atom. The molecule has 6 rings (SSSR count). The average Bonchev–Trinajstić information content (AvgIpc) is 3.29. The summed E-state index contributed by atoms with van der Waals surface area (Å²) in [5.74, 6) is 7.21. The maximum Gasteiger partial charge on any atom is 0.387 e. The molecule has 0 radical (unpaired) electrons. The van der Waals surface area contributed by atoms with Crippen LogP contribution in [0.2, 0.25) is 0 Å². The molecule has 0 spiro atoms. The van der Waals surface area contributed by atoms with Gasteiger partial charge in [0.05, 0.1) is 28.5 Å². The molecule has 2 unspecified atom stereocenters. The molecule has 4 heterocycles. The maximum absolute atomic E-state index is 13.2. The van der Waals surface area contributed by atoms with E-state index in [9.17, 15) is 13.6 Å². The molecule has 1 aromatic heterocycles. The summed E-state index contributed by atoms with van der Waals surface area (Å²) >= 11 is 0. The predicted molar refractivity (Wildman–Crippen MR) is 118 cm³/mol. The number of hydrogen-bond donors (Lipinski definition) is 1. The molecular formula is C25H22F2N4O2. The topological polar surface area (TPSA) is 59.4 Å². The van der Waals surface area contributed by atoms with E-state index in [1.54, 1.807) is 24.1 Å². The van der Waals surface area contributed by atoms with Crippen molar-refractivity contribution in [1.82, 2.24) is 19.8 Å². The van der Waals surface area contributed by atoms with Gasteiger partial charge in [0.15, 0.2) is 0 Å². The number of imidazole rings is 1. The zero-order valence-electron chi connectivity index (χ0n) is 18.2. The second kappa shape index (κ2) is 7.03. The lowest BCUT2D eigenvalue weighted by atomic mass is 9.85. The SMILES string of the molecule is CN1C(=O)c2cccc(OC(F)F)c2C2CC1c1nc3ccc(C#CC4(C)CNC4)cc3n12. The van der Waals surface area contributed by atoms with Gasteiger partial charge >= 0.3 is 6.61 Å². The summed E-state index contributed by atoms with van der Waals surface area (Å²) < 4.78 is 33.3.